The van der Waals surface area contributed by atoms with E-state index in [2.05, 4.69) is 53.0 Å². The Morgan fingerprint density at radius 1 is 1.17 bits per heavy atom. The summed E-state index contributed by atoms with van der Waals surface area (Å²) in [7, 11) is 2.28. The van der Waals surface area contributed by atoms with Gasteiger partial charge in [-0.15, -0.1) is 0 Å². The Labute approximate surface area is 109 Å². The summed E-state index contributed by atoms with van der Waals surface area (Å²) in [5.74, 6) is 0. The van der Waals surface area contributed by atoms with Crippen molar-refractivity contribution in [1.29, 1.82) is 0 Å². The Hall–Kier alpha value is -1.28. The van der Waals surface area contributed by atoms with Gasteiger partial charge in [-0.1, -0.05) is 24.6 Å². The van der Waals surface area contributed by atoms with Crippen molar-refractivity contribution in [1.82, 2.24) is 9.47 Å². The van der Waals surface area contributed by atoms with Gasteiger partial charge in [0.1, 0.15) is 0 Å². The SMILES string of the molecule is CN1CCCCC1CCn1ccc2ccccc21. The predicted octanol–water partition coefficient (Wildman–Crippen LogP) is 3.52. The van der Waals surface area contributed by atoms with Crippen LogP contribution < -0.4 is 0 Å². The number of aryl methyl sites for hydroxylation is 1. The average molecular weight is 242 g/mol. The first-order valence-electron chi connectivity index (χ1n) is 7.09. The molecule has 96 valence electrons. The summed E-state index contributed by atoms with van der Waals surface area (Å²) in [6.45, 7) is 2.42. The summed E-state index contributed by atoms with van der Waals surface area (Å²) in [5, 5.41) is 1.36. The summed E-state index contributed by atoms with van der Waals surface area (Å²) in [6, 6.07) is 11.7. The molecule has 1 aliphatic rings. The zero-order valence-corrected chi connectivity index (χ0v) is 11.2. The summed E-state index contributed by atoms with van der Waals surface area (Å²) < 4.78 is 2.40. The molecule has 0 amide bonds. The highest BCUT2D eigenvalue weighted by Crippen LogP contribution is 2.20. The van der Waals surface area contributed by atoms with Gasteiger partial charge in [0.25, 0.3) is 0 Å². The van der Waals surface area contributed by atoms with Gasteiger partial charge in [0.05, 0.1) is 0 Å². The molecule has 0 spiro atoms. The van der Waals surface area contributed by atoms with Crippen LogP contribution in [0.2, 0.25) is 0 Å². The van der Waals surface area contributed by atoms with Crippen LogP contribution >= 0.6 is 0 Å². The Morgan fingerprint density at radius 2 is 2.06 bits per heavy atom. The third kappa shape index (κ3) is 2.30. The van der Waals surface area contributed by atoms with E-state index in [9.17, 15) is 0 Å². The molecule has 1 atom stereocenters. The second-order valence-corrected chi connectivity index (χ2v) is 5.49. The van der Waals surface area contributed by atoms with Crippen molar-refractivity contribution < 1.29 is 0 Å². The van der Waals surface area contributed by atoms with E-state index in [4.69, 9.17) is 0 Å². The molecular formula is C16H22N2. The fraction of sp³-hybridized carbons (Fsp3) is 0.500. The highest BCUT2D eigenvalue weighted by molar-refractivity contribution is 5.79. The average Bonchev–Trinajstić information content (AvgIpc) is 2.81. The Bertz CT molecular complexity index is 515. The van der Waals surface area contributed by atoms with Crippen molar-refractivity contribution in [2.45, 2.75) is 38.3 Å². The lowest BCUT2D eigenvalue weighted by Crippen LogP contribution is -2.36. The summed E-state index contributed by atoms with van der Waals surface area (Å²) in [6.07, 6.45) is 7.65. The number of rotatable bonds is 3. The van der Waals surface area contributed by atoms with Gasteiger partial charge in [-0.2, -0.15) is 0 Å². The van der Waals surface area contributed by atoms with Crippen LogP contribution in [0.15, 0.2) is 36.5 Å². The van der Waals surface area contributed by atoms with Gasteiger partial charge >= 0.3 is 0 Å². The highest BCUT2D eigenvalue weighted by atomic mass is 15.1. The first kappa shape index (κ1) is 11.8. The standard InChI is InChI=1S/C16H22N2/c1-17-11-5-4-7-15(17)10-13-18-12-9-14-6-2-3-8-16(14)18/h2-3,6,8-9,12,15H,4-5,7,10-11,13H2,1H3. The molecule has 0 aliphatic carbocycles. The quantitative estimate of drug-likeness (QED) is 0.799. The van der Waals surface area contributed by atoms with Gasteiger partial charge in [-0.3, -0.25) is 0 Å². The third-order valence-electron chi connectivity index (χ3n) is 4.30. The summed E-state index contributed by atoms with van der Waals surface area (Å²) >= 11 is 0. The molecule has 1 aromatic carbocycles. The predicted molar refractivity (Wildman–Crippen MR) is 76.8 cm³/mol. The second kappa shape index (κ2) is 5.15. The Morgan fingerprint density at radius 3 is 2.94 bits per heavy atom. The van der Waals surface area contributed by atoms with Crippen molar-refractivity contribution in [3.63, 3.8) is 0 Å². The van der Waals surface area contributed by atoms with E-state index < -0.39 is 0 Å². The lowest BCUT2D eigenvalue weighted by molar-refractivity contribution is 0.171. The fourth-order valence-corrected chi connectivity index (χ4v) is 3.13. The lowest BCUT2D eigenvalue weighted by atomic mass is 10.0. The molecule has 0 saturated carbocycles. The van der Waals surface area contributed by atoms with E-state index in [0.717, 1.165) is 12.6 Å². The van der Waals surface area contributed by atoms with Crippen molar-refractivity contribution in [2.75, 3.05) is 13.6 Å². The molecule has 0 radical (unpaired) electrons. The number of likely N-dealkylation sites (tertiary alicyclic amines) is 1. The van der Waals surface area contributed by atoms with Crippen LogP contribution in [0.25, 0.3) is 10.9 Å². The summed E-state index contributed by atoms with van der Waals surface area (Å²) in [5.41, 5.74) is 1.37. The number of fused-ring (bicyclic) bond motifs is 1. The van der Waals surface area contributed by atoms with E-state index in [1.165, 1.54) is 43.1 Å². The van der Waals surface area contributed by atoms with Gasteiger partial charge in [0, 0.05) is 24.3 Å². The van der Waals surface area contributed by atoms with Gasteiger partial charge < -0.3 is 9.47 Å². The number of aromatic nitrogens is 1. The van der Waals surface area contributed by atoms with E-state index in [0.29, 0.717) is 0 Å². The molecule has 0 bridgehead atoms. The molecule has 1 fully saturated rings. The minimum Gasteiger partial charge on any atom is -0.347 e. The van der Waals surface area contributed by atoms with Crippen LogP contribution in [0.5, 0.6) is 0 Å². The number of piperidine rings is 1. The van der Waals surface area contributed by atoms with Crippen molar-refractivity contribution >= 4 is 10.9 Å². The van der Waals surface area contributed by atoms with Crippen LogP contribution in [0.1, 0.15) is 25.7 Å². The molecule has 1 aliphatic heterocycles. The molecule has 2 heterocycles. The van der Waals surface area contributed by atoms with E-state index in [-0.39, 0.29) is 0 Å². The fourth-order valence-electron chi connectivity index (χ4n) is 3.13. The molecule has 2 heteroatoms. The molecule has 3 rings (SSSR count). The number of hydrogen-bond donors (Lipinski definition) is 0. The number of para-hydroxylation sites is 1. The van der Waals surface area contributed by atoms with Gasteiger partial charge in [0.2, 0.25) is 0 Å². The zero-order valence-electron chi connectivity index (χ0n) is 11.2. The van der Waals surface area contributed by atoms with E-state index in [1.54, 1.807) is 0 Å². The van der Waals surface area contributed by atoms with Crippen LogP contribution in [0.4, 0.5) is 0 Å². The molecule has 1 unspecified atom stereocenters. The molecule has 1 aromatic heterocycles. The molecule has 18 heavy (non-hydrogen) atoms. The minimum absolute atomic E-state index is 0.778. The number of nitrogens with zero attached hydrogens (tertiary/aromatic N) is 2. The van der Waals surface area contributed by atoms with Crippen LogP contribution in [0, 0.1) is 0 Å². The molecule has 2 aromatic rings. The van der Waals surface area contributed by atoms with Crippen LogP contribution in [-0.4, -0.2) is 29.1 Å². The molecular weight excluding hydrogens is 220 g/mol. The monoisotopic (exact) mass is 242 g/mol. The van der Waals surface area contributed by atoms with Crippen molar-refractivity contribution in [2.24, 2.45) is 0 Å². The molecule has 0 N–H and O–H groups in total. The maximum Gasteiger partial charge on any atom is 0.0480 e. The second-order valence-electron chi connectivity index (χ2n) is 5.49. The van der Waals surface area contributed by atoms with Crippen molar-refractivity contribution in [3.05, 3.63) is 36.5 Å². The smallest absolute Gasteiger partial charge is 0.0480 e. The number of benzene rings is 1. The van der Waals surface area contributed by atoms with Gasteiger partial charge in [-0.25, -0.2) is 0 Å². The lowest BCUT2D eigenvalue weighted by Gasteiger charge is -2.32. The first-order chi connectivity index (χ1) is 8.84. The van der Waals surface area contributed by atoms with Crippen molar-refractivity contribution in [3.8, 4) is 0 Å². The van der Waals surface area contributed by atoms with Crippen LogP contribution in [0.3, 0.4) is 0 Å². The third-order valence-corrected chi connectivity index (χ3v) is 4.30. The summed E-state index contributed by atoms with van der Waals surface area (Å²) in [4.78, 5) is 2.54. The molecule has 2 nitrogen and oxygen atoms in total. The highest BCUT2D eigenvalue weighted by Gasteiger charge is 2.18. The largest absolute Gasteiger partial charge is 0.347 e. The van der Waals surface area contributed by atoms with E-state index >= 15 is 0 Å². The Kier molecular flexibility index (Phi) is 3.37. The topological polar surface area (TPSA) is 8.17 Å². The van der Waals surface area contributed by atoms with E-state index in [1.807, 2.05) is 0 Å². The maximum atomic E-state index is 2.54. The van der Waals surface area contributed by atoms with Gasteiger partial charge in [0.15, 0.2) is 0 Å². The minimum atomic E-state index is 0.778. The maximum absolute atomic E-state index is 2.54. The van der Waals surface area contributed by atoms with Gasteiger partial charge in [-0.05, 0) is 50.4 Å². The zero-order chi connectivity index (χ0) is 12.4. The first-order valence-corrected chi connectivity index (χ1v) is 7.09. The number of hydrogen-bond acceptors (Lipinski definition) is 1. The molecule has 1 saturated heterocycles. The Balaban J connectivity index is 1.69. The van der Waals surface area contributed by atoms with Crippen LogP contribution in [-0.2, 0) is 6.54 Å². The normalized spacial score (nSPS) is 21.5.